The molecular formula is C40H32N4O3S2. The summed E-state index contributed by atoms with van der Waals surface area (Å²) >= 11 is 2.78. The molecule has 0 aliphatic rings. The van der Waals surface area contributed by atoms with Crippen LogP contribution in [0.15, 0.2) is 155 Å². The molecule has 3 N–H and O–H groups in total. The lowest BCUT2D eigenvalue weighted by Crippen LogP contribution is -2.30. The fraction of sp³-hybridized carbons (Fsp3) is 0.0500. The number of nitrogens with zero attached hydrogens (tertiary/aromatic N) is 1. The van der Waals surface area contributed by atoms with E-state index < -0.39 is 11.2 Å². The molecule has 0 spiro atoms. The predicted molar refractivity (Wildman–Crippen MR) is 199 cm³/mol. The average Bonchev–Trinajstić information content (AvgIpc) is 3.61. The highest BCUT2D eigenvalue weighted by Gasteiger charge is 2.23. The molecule has 1 unspecified atom stereocenters. The predicted octanol–water partition coefficient (Wildman–Crippen LogP) is 9.00. The van der Waals surface area contributed by atoms with Gasteiger partial charge in [0.05, 0.1) is 5.69 Å². The van der Waals surface area contributed by atoms with Crippen molar-refractivity contribution in [3.63, 3.8) is 0 Å². The maximum absolute atomic E-state index is 13.7. The molecule has 1 heterocycles. The zero-order chi connectivity index (χ0) is 34.0. The first-order chi connectivity index (χ1) is 23.9. The van der Waals surface area contributed by atoms with Crippen molar-refractivity contribution < 1.29 is 14.4 Å². The molecule has 6 aromatic rings. The number of nitrogens with one attached hydrogen (secondary N) is 3. The summed E-state index contributed by atoms with van der Waals surface area (Å²) in [5, 5.41) is 10.6. The van der Waals surface area contributed by atoms with E-state index in [1.54, 1.807) is 42.5 Å². The smallest absolute Gasteiger partial charge is 0.272 e. The molecule has 49 heavy (non-hydrogen) atoms. The van der Waals surface area contributed by atoms with E-state index in [9.17, 15) is 14.4 Å². The number of aryl methyl sites for hydroxylation is 1. The van der Waals surface area contributed by atoms with Crippen LogP contribution in [0.3, 0.4) is 0 Å². The number of rotatable bonds is 11. The average molecular weight is 681 g/mol. The molecule has 1 aromatic heterocycles. The van der Waals surface area contributed by atoms with Gasteiger partial charge in [-0.25, -0.2) is 4.98 Å². The molecular weight excluding hydrogens is 649 g/mol. The molecule has 0 fully saturated rings. The molecule has 7 nitrogen and oxygen atoms in total. The monoisotopic (exact) mass is 680 g/mol. The number of thioether (sulfide) groups is 1. The van der Waals surface area contributed by atoms with Crippen molar-refractivity contribution in [2.24, 2.45) is 0 Å². The van der Waals surface area contributed by atoms with E-state index in [1.807, 2.05) is 115 Å². The van der Waals surface area contributed by atoms with Crippen molar-refractivity contribution in [1.29, 1.82) is 0 Å². The van der Waals surface area contributed by atoms with Crippen LogP contribution in [0, 0.1) is 6.92 Å². The van der Waals surface area contributed by atoms with Crippen molar-refractivity contribution >= 4 is 57.7 Å². The molecule has 6 rings (SSSR count). The summed E-state index contributed by atoms with van der Waals surface area (Å²) in [7, 11) is 0. The fourth-order valence-corrected chi connectivity index (χ4v) is 6.69. The summed E-state index contributed by atoms with van der Waals surface area (Å²) in [6, 6.07) is 43.0. The lowest BCUT2D eigenvalue weighted by Gasteiger charge is -2.17. The van der Waals surface area contributed by atoms with Crippen molar-refractivity contribution in [1.82, 2.24) is 10.3 Å². The molecule has 1 atom stereocenters. The maximum atomic E-state index is 13.7. The third-order valence-electron chi connectivity index (χ3n) is 7.53. The number of aromatic nitrogens is 1. The van der Waals surface area contributed by atoms with Crippen molar-refractivity contribution in [2.75, 3.05) is 10.6 Å². The Kier molecular flexibility index (Phi) is 10.7. The van der Waals surface area contributed by atoms with Gasteiger partial charge in [-0.3, -0.25) is 14.4 Å². The van der Waals surface area contributed by atoms with Crippen LogP contribution in [-0.2, 0) is 9.59 Å². The highest BCUT2D eigenvalue weighted by Crippen LogP contribution is 2.37. The lowest BCUT2D eigenvalue weighted by molar-refractivity contribution is -0.116. The summed E-state index contributed by atoms with van der Waals surface area (Å²) in [5.74, 6) is -1.04. The molecule has 0 radical (unpaired) electrons. The molecule has 5 aromatic carbocycles. The van der Waals surface area contributed by atoms with E-state index in [4.69, 9.17) is 0 Å². The van der Waals surface area contributed by atoms with Crippen molar-refractivity contribution in [3.8, 4) is 11.3 Å². The summed E-state index contributed by atoms with van der Waals surface area (Å²) < 4.78 is 0. The van der Waals surface area contributed by atoms with Crippen LogP contribution >= 0.6 is 23.1 Å². The molecule has 0 saturated carbocycles. The first-order valence-corrected chi connectivity index (χ1v) is 17.3. The van der Waals surface area contributed by atoms with Crippen LogP contribution < -0.4 is 16.0 Å². The number of thiazole rings is 1. The van der Waals surface area contributed by atoms with E-state index in [1.165, 1.54) is 23.1 Å². The molecule has 0 saturated heterocycles. The second-order valence-corrected chi connectivity index (χ2v) is 13.1. The standard InChI is InChI=1S/C40H32N4O3S2/c1-27-13-11-12-20-31(27)25-34(42-37(45)30-18-9-4-10-19-30)38(46)41-32-21-23-33(24-22-32)49-36(29-16-7-3-8-17-29)39(47)44-40-43-35(26-48-40)28-14-5-2-6-15-28/h2-26,36H,1H3,(H,41,46)(H,42,45)(H,43,44,47)/b34-25-. The Morgan fingerprint density at radius 1 is 0.735 bits per heavy atom. The Morgan fingerprint density at radius 3 is 2.06 bits per heavy atom. The van der Waals surface area contributed by atoms with Gasteiger partial charge in [-0.1, -0.05) is 103 Å². The van der Waals surface area contributed by atoms with Crippen LogP contribution in [-0.4, -0.2) is 22.7 Å². The van der Waals surface area contributed by atoms with Crippen LogP contribution in [0.25, 0.3) is 17.3 Å². The highest BCUT2D eigenvalue weighted by molar-refractivity contribution is 8.00. The lowest BCUT2D eigenvalue weighted by atomic mass is 10.1. The Labute approximate surface area is 293 Å². The summed E-state index contributed by atoms with van der Waals surface area (Å²) in [5.41, 5.74) is 5.50. The molecule has 242 valence electrons. The van der Waals surface area contributed by atoms with Gasteiger partial charge in [0.15, 0.2) is 5.13 Å². The minimum absolute atomic E-state index is 0.111. The number of hydrogen-bond acceptors (Lipinski definition) is 6. The second kappa shape index (κ2) is 15.9. The first kappa shape index (κ1) is 33.1. The van der Waals surface area contributed by atoms with Crippen molar-refractivity contribution in [2.45, 2.75) is 17.1 Å². The van der Waals surface area contributed by atoms with E-state index in [0.717, 1.165) is 32.8 Å². The first-order valence-electron chi connectivity index (χ1n) is 15.5. The molecule has 0 aliphatic heterocycles. The topological polar surface area (TPSA) is 100 Å². The van der Waals surface area contributed by atoms with Crippen LogP contribution in [0.1, 0.15) is 32.3 Å². The van der Waals surface area contributed by atoms with Crippen LogP contribution in [0.5, 0.6) is 0 Å². The summed E-state index contributed by atoms with van der Waals surface area (Å²) in [6.45, 7) is 1.94. The SMILES string of the molecule is Cc1ccccc1/C=C(\NC(=O)c1ccccc1)C(=O)Nc1ccc(SC(C(=O)Nc2nc(-c3ccccc3)cs2)c2ccccc2)cc1. The molecule has 9 heteroatoms. The van der Waals surface area contributed by atoms with E-state index in [0.29, 0.717) is 16.4 Å². The quantitative estimate of drug-likeness (QED) is 0.0937. The van der Waals surface area contributed by atoms with Gasteiger partial charge in [0.2, 0.25) is 5.91 Å². The van der Waals surface area contributed by atoms with Gasteiger partial charge in [0, 0.05) is 27.1 Å². The minimum Gasteiger partial charge on any atom is -0.321 e. The number of amides is 3. The summed E-state index contributed by atoms with van der Waals surface area (Å²) in [4.78, 5) is 45.7. The van der Waals surface area contributed by atoms with Gasteiger partial charge in [-0.15, -0.1) is 23.1 Å². The number of carbonyl (C=O) groups excluding carboxylic acids is 3. The number of benzene rings is 5. The third-order valence-corrected chi connectivity index (χ3v) is 9.55. The maximum Gasteiger partial charge on any atom is 0.272 e. The van der Waals surface area contributed by atoms with Gasteiger partial charge in [0.1, 0.15) is 10.9 Å². The van der Waals surface area contributed by atoms with Gasteiger partial charge < -0.3 is 16.0 Å². The number of hydrogen-bond donors (Lipinski definition) is 3. The number of anilines is 2. The fourth-order valence-electron chi connectivity index (χ4n) is 4.94. The van der Waals surface area contributed by atoms with Crippen LogP contribution in [0.2, 0.25) is 0 Å². The Morgan fingerprint density at radius 2 is 1.37 bits per heavy atom. The zero-order valence-corrected chi connectivity index (χ0v) is 28.1. The Bertz CT molecular complexity index is 2080. The summed E-state index contributed by atoms with van der Waals surface area (Å²) in [6.07, 6.45) is 1.67. The molecule has 0 bridgehead atoms. The largest absolute Gasteiger partial charge is 0.321 e. The highest BCUT2D eigenvalue weighted by atomic mass is 32.2. The second-order valence-electron chi connectivity index (χ2n) is 11.0. The normalized spacial score (nSPS) is 11.7. The molecule has 0 aliphatic carbocycles. The minimum atomic E-state index is -0.553. The van der Waals surface area contributed by atoms with Gasteiger partial charge in [-0.05, 0) is 66.1 Å². The van der Waals surface area contributed by atoms with E-state index >= 15 is 0 Å². The zero-order valence-electron chi connectivity index (χ0n) is 26.5. The Hall–Kier alpha value is -5.77. The van der Waals surface area contributed by atoms with Gasteiger partial charge >= 0.3 is 0 Å². The van der Waals surface area contributed by atoms with Crippen molar-refractivity contribution in [3.05, 3.63) is 173 Å². The van der Waals surface area contributed by atoms with Gasteiger partial charge in [-0.2, -0.15) is 0 Å². The number of carbonyl (C=O) groups is 3. The van der Waals surface area contributed by atoms with E-state index in [-0.39, 0.29) is 17.5 Å². The van der Waals surface area contributed by atoms with Crippen LogP contribution in [0.4, 0.5) is 10.8 Å². The third kappa shape index (κ3) is 8.78. The van der Waals surface area contributed by atoms with Gasteiger partial charge in [0.25, 0.3) is 11.8 Å². The Balaban J connectivity index is 1.17. The van der Waals surface area contributed by atoms with E-state index in [2.05, 4.69) is 20.9 Å². The molecule has 3 amide bonds.